The average molecular weight is 342 g/mol. The van der Waals surface area contributed by atoms with Crippen LogP contribution in [0.1, 0.15) is 44.9 Å². The van der Waals surface area contributed by atoms with E-state index in [1.54, 1.807) is 18.5 Å². The van der Waals surface area contributed by atoms with Crippen molar-refractivity contribution in [2.45, 2.75) is 50.5 Å². The summed E-state index contributed by atoms with van der Waals surface area (Å²) in [6.45, 7) is 3.10. The molecular formula is C19H26N4O2. The van der Waals surface area contributed by atoms with Crippen LogP contribution in [0, 0.1) is 5.92 Å². The lowest BCUT2D eigenvalue weighted by atomic mass is 9.89. The van der Waals surface area contributed by atoms with Crippen LogP contribution in [0.25, 0.3) is 0 Å². The number of aromatic nitrogens is 1. The van der Waals surface area contributed by atoms with E-state index >= 15 is 0 Å². The summed E-state index contributed by atoms with van der Waals surface area (Å²) in [6, 6.07) is 3.61. The van der Waals surface area contributed by atoms with E-state index in [0.717, 1.165) is 25.4 Å². The molecule has 1 aliphatic carbocycles. The van der Waals surface area contributed by atoms with Crippen LogP contribution in [0.3, 0.4) is 0 Å². The Hall–Kier alpha value is -1.95. The third-order valence-corrected chi connectivity index (χ3v) is 5.66. The first-order chi connectivity index (χ1) is 12.2. The van der Waals surface area contributed by atoms with Gasteiger partial charge in [-0.15, -0.1) is 0 Å². The van der Waals surface area contributed by atoms with E-state index in [1.807, 2.05) is 6.07 Å². The van der Waals surface area contributed by atoms with Crippen molar-refractivity contribution < 1.29 is 9.63 Å². The summed E-state index contributed by atoms with van der Waals surface area (Å²) >= 11 is 0. The topological polar surface area (TPSA) is 66.8 Å². The van der Waals surface area contributed by atoms with Gasteiger partial charge in [0.25, 0.3) is 5.91 Å². The second kappa shape index (κ2) is 7.12. The maximum Gasteiger partial charge on any atom is 0.273 e. The van der Waals surface area contributed by atoms with Crippen molar-refractivity contribution in [1.29, 1.82) is 0 Å². The number of pyridine rings is 1. The van der Waals surface area contributed by atoms with Crippen LogP contribution >= 0.6 is 0 Å². The van der Waals surface area contributed by atoms with Gasteiger partial charge >= 0.3 is 0 Å². The number of amides is 1. The van der Waals surface area contributed by atoms with Gasteiger partial charge in [0, 0.05) is 38.7 Å². The number of carbonyl (C=O) groups is 1. The minimum absolute atomic E-state index is 0.185. The summed E-state index contributed by atoms with van der Waals surface area (Å²) in [5.41, 5.74) is 0.876. The third-order valence-electron chi connectivity index (χ3n) is 5.66. The molecule has 1 spiro atoms. The average Bonchev–Trinajstić information content (AvgIpc) is 3.24. The number of hydrogen-bond donors (Lipinski definition) is 1. The van der Waals surface area contributed by atoms with Crippen molar-refractivity contribution in [2.75, 3.05) is 25.0 Å². The molecule has 1 N–H and O–H groups in total. The quantitative estimate of drug-likeness (QED) is 0.914. The summed E-state index contributed by atoms with van der Waals surface area (Å²) in [4.78, 5) is 24.7. The highest BCUT2D eigenvalue weighted by Gasteiger charge is 2.46. The summed E-state index contributed by atoms with van der Waals surface area (Å²) in [5, 5.41) is 6.95. The molecule has 1 saturated carbocycles. The highest BCUT2D eigenvalue weighted by atomic mass is 16.7. The summed E-state index contributed by atoms with van der Waals surface area (Å²) in [7, 11) is 0. The number of nitrogens with zero attached hydrogens (tertiary/aromatic N) is 3. The molecule has 3 heterocycles. The number of anilines is 1. The number of likely N-dealkylation sites (tertiary alicyclic amines) is 1. The summed E-state index contributed by atoms with van der Waals surface area (Å²) in [6.07, 6.45) is 11.7. The van der Waals surface area contributed by atoms with Crippen LogP contribution < -0.4 is 5.32 Å². The van der Waals surface area contributed by atoms with Gasteiger partial charge in [-0.05, 0) is 30.9 Å². The van der Waals surface area contributed by atoms with Crippen LogP contribution in [0.15, 0.2) is 29.7 Å². The molecule has 2 fully saturated rings. The number of carbonyl (C=O) groups excluding carboxylic acids is 1. The molecule has 6 nitrogen and oxygen atoms in total. The van der Waals surface area contributed by atoms with E-state index in [1.165, 1.54) is 38.6 Å². The molecule has 4 rings (SSSR count). The first kappa shape index (κ1) is 16.5. The Balaban J connectivity index is 1.30. The molecule has 25 heavy (non-hydrogen) atoms. The Kier molecular flexibility index (Phi) is 4.70. The predicted molar refractivity (Wildman–Crippen MR) is 96.4 cm³/mol. The number of oxime groups is 1. The summed E-state index contributed by atoms with van der Waals surface area (Å²) in [5.74, 6) is 0.648. The Labute approximate surface area is 148 Å². The van der Waals surface area contributed by atoms with Crippen LogP contribution in [0.2, 0.25) is 0 Å². The Morgan fingerprint density at radius 2 is 2.24 bits per heavy atom. The molecule has 3 aliphatic rings. The number of rotatable bonds is 4. The Morgan fingerprint density at radius 1 is 1.36 bits per heavy atom. The lowest BCUT2D eigenvalue weighted by molar-refractivity contribution is -0.110. The van der Waals surface area contributed by atoms with E-state index in [2.05, 4.69) is 20.4 Å². The number of nitrogens with one attached hydrogen (secondary N) is 1. The molecule has 1 amide bonds. The van der Waals surface area contributed by atoms with E-state index < -0.39 is 0 Å². The monoisotopic (exact) mass is 342 g/mol. The molecule has 6 heteroatoms. The van der Waals surface area contributed by atoms with E-state index in [4.69, 9.17) is 4.84 Å². The van der Waals surface area contributed by atoms with Gasteiger partial charge in [0.2, 0.25) is 0 Å². The van der Waals surface area contributed by atoms with E-state index in [-0.39, 0.29) is 11.5 Å². The molecule has 0 unspecified atom stereocenters. The largest absolute Gasteiger partial charge is 0.387 e. The van der Waals surface area contributed by atoms with Gasteiger partial charge in [-0.2, -0.15) is 0 Å². The van der Waals surface area contributed by atoms with Gasteiger partial charge in [-0.25, -0.2) is 0 Å². The SMILES string of the molecule is O=C(Nc1cccnc1)C1=NO[C@@]2(CCN(CC3CCCCC3)C2)C1. The van der Waals surface area contributed by atoms with Gasteiger partial charge < -0.3 is 10.2 Å². The van der Waals surface area contributed by atoms with Crippen molar-refractivity contribution >= 4 is 17.3 Å². The van der Waals surface area contributed by atoms with E-state index in [9.17, 15) is 4.79 Å². The predicted octanol–water partition coefficient (Wildman–Crippen LogP) is 2.82. The van der Waals surface area contributed by atoms with E-state index in [0.29, 0.717) is 17.8 Å². The zero-order valence-electron chi connectivity index (χ0n) is 14.6. The van der Waals surface area contributed by atoms with Crippen LogP contribution in [0.4, 0.5) is 5.69 Å². The van der Waals surface area contributed by atoms with Crippen LogP contribution in [-0.2, 0) is 9.63 Å². The molecule has 1 aromatic heterocycles. The van der Waals surface area contributed by atoms with Gasteiger partial charge in [0.05, 0.1) is 11.9 Å². The minimum atomic E-state index is -0.295. The lowest BCUT2D eigenvalue weighted by Gasteiger charge is -2.27. The highest BCUT2D eigenvalue weighted by molar-refractivity contribution is 6.43. The van der Waals surface area contributed by atoms with Crippen molar-refractivity contribution in [3.8, 4) is 0 Å². The molecule has 134 valence electrons. The van der Waals surface area contributed by atoms with Crippen molar-refractivity contribution in [1.82, 2.24) is 9.88 Å². The zero-order valence-corrected chi connectivity index (χ0v) is 14.6. The van der Waals surface area contributed by atoms with Crippen molar-refractivity contribution in [3.05, 3.63) is 24.5 Å². The minimum Gasteiger partial charge on any atom is -0.387 e. The maximum atomic E-state index is 12.4. The van der Waals surface area contributed by atoms with Gasteiger partial charge in [0.15, 0.2) is 5.60 Å². The first-order valence-electron chi connectivity index (χ1n) is 9.41. The van der Waals surface area contributed by atoms with Crippen LogP contribution in [0.5, 0.6) is 0 Å². The molecular weight excluding hydrogens is 316 g/mol. The standard InChI is InChI=1S/C19H26N4O2/c24-18(21-16-7-4-9-20-12-16)17-11-19(25-22-17)8-10-23(14-19)13-15-5-2-1-3-6-15/h4,7,9,12,15H,1-3,5-6,8,10-11,13-14H2,(H,21,24)/t19-/m0/s1. The second-order valence-corrected chi connectivity index (χ2v) is 7.67. The molecule has 0 radical (unpaired) electrons. The maximum absolute atomic E-state index is 12.4. The van der Waals surface area contributed by atoms with Gasteiger partial charge in [-0.3, -0.25) is 14.7 Å². The molecule has 0 aromatic carbocycles. The molecule has 0 bridgehead atoms. The fourth-order valence-electron chi connectivity index (χ4n) is 4.32. The van der Waals surface area contributed by atoms with Crippen molar-refractivity contribution in [2.24, 2.45) is 11.1 Å². The van der Waals surface area contributed by atoms with Crippen LogP contribution in [-0.4, -0.2) is 46.7 Å². The Morgan fingerprint density at radius 3 is 3.04 bits per heavy atom. The first-order valence-corrected chi connectivity index (χ1v) is 9.41. The van der Waals surface area contributed by atoms with Crippen molar-refractivity contribution in [3.63, 3.8) is 0 Å². The molecule has 1 atom stereocenters. The fourth-order valence-corrected chi connectivity index (χ4v) is 4.32. The third kappa shape index (κ3) is 3.84. The molecule has 1 saturated heterocycles. The highest BCUT2D eigenvalue weighted by Crippen LogP contribution is 2.35. The zero-order chi connectivity index (χ0) is 17.1. The lowest BCUT2D eigenvalue weighted by Crippen LogP contribution is -2.37. The van der Waals surface area contributed by atoms with Gasteiger partial charge in [-0.1, -0.05) is 24.4 Å². The number of hydrogen-bond acceptors (Lipinski definition) is 5. The molecule has 2 aliphatic heterocycles. The Bertz CT molecular complexity index is 642. The smallest absolute Gasteiger partial charge is 0.273 e. The summed E-state index contributed by atoms with van der Waals surface area (Å²) < 4.78 is 0. The fraction of sp³-hybridized carbons (Fsp3) is 0.632. The normalized spacial score (nSPS) is 27.3. The second-order valence-electron chi connectivity index (χ2n) is 7.67. The molecule has 1 aromatic rings. The van der Waals surface area contributed by atoms with Gasteiger partial charge in [0.1, 0.15) is 5.71 Å².